The summed E-state index contributed by atoms with van der Waals surface area (Å²) in [6.07, 6.45) is 0. The van der Waals surface area contributed by atoms with E-state index in [-0.39, 0.29) is 0 Å². The first-order valence-electron chi connectivity index (χ1n) is 18.2. The Bertz CT molecular complexity index is 2530. The fourth-order valence-corrected chi connectivity index (χ4v) is 7.33. The van der Waals surface area contributed by atoms with E-state index in [1.807, 2.05) is 0 Å². The van der Waals surface area contributed by atoms with Gasteiger partial charge in [0.15, 0.2) is 0 Å². The number of nitrogens with zero attached hydrogens (tertiary/aromatic N) is 1. The molecule has 0 bridgehead atoms. The zero-order chi connectivity index (χ0) is 35.4. The van der Waals surface area contributed by atoms with Crippen molar-refractivity contribution in [3.63, 3.8) is 0 Å². The minimum Gasteiger partial charge on any atom is -0.311 e. The number of rotatable bonds is 8. The molecule has 53 heavy (non-hydrogen) atoms. The maximum Gasteiger partial charge on any atom is 0.0462 e. The first kappa shape index (κ1) is 32.0. The number of benzene rings is 9. The molecule has 1 nitrogen and oxygen atoms in total. The fourth-order valence-electron chi connectivity index (χ4n) is 7.33. The number of hydrogen-bond acceptors (Lipinski definition) is 1. The van der Waals surface area contributed by atoms with Crippen molar-refractivity contribution in [2.75, 3.05) is 4.90 Å². The molecule has 0 saturated carbocycles. The lowest BCUT2D eigenvalue weighted by Crippen LogP contribution is -2.09. The van der Waals surface area contributed by atoms with Gasteiger partial charge in [-0.1, -0.05) is 176 Å². The summed E-state index contributed by atoms with van der Waals surface area (Å²) in [5.74, 6) is 0. The Kier molecular flexibility index (Phi) is 8.66. The Morgan fingerprint density at radius 2 is 0.585 bits per heavy atom. The molecular formula is C52H37N. The summed E-state index contributed by atoms with van der Waals surface area (Å²) in [6, 6.07) is 80.7. The quantitative estimate of drug-likeness (QED) is 0.155. The van der Waals surface area contributed by atoms with Crippen molar-refractivity contribution < 1.29 is 0 Å². The minimum atomic E-state index is 1.11. The molecule has 9 aromatic rings. The third kappa shape index (κ3) is 6.65. The highest BCUT2D eigenvalue weighted by Crippen LogP contribution is 2.39. The summed E-state index contributed by atoms with van der Waals surface area (Å²) >= 11 is 0. The van der Waals surface area contributed by atoms with Gasteiger partial charge in [0.1, 0.15) is 0 Å². The summed E-state index contributed by atoms with van der Waals surface area (Å²) in [4.78, 5) is 2.34. The van der Waals surface area contributed by atoms with Gasteiger partial charge in [0, 0.05) is 17.1 Å². The lowest BCUT2D eigenvalue weighted by Gasteiger charge is -2.26. The van der Waals surface area contributed by atoms with Crippen molar-refractivity contribution >= 4 is 27.8 Å². The molecule has 0 saturated heterocycles. The lowest BCUT2D eigenvalue weighted by atomic mass is 9.93. The van der Waals surface area contributed by atoms with Crippen molar-refractivity contribution in [1.82, 2.24) is 0 Å². The van der Waals surface area contributed by atoms with Crippen LogP contribution in [0.15, 0.2) is 224 Å². The smallest absolute Gasteiger partial charge is 0.0462 e. The highest BCUT2D eigenvalue weighted by atomic mass is 15.1. The average molecular weight is 676 g/mol. The minimum absolute atomic E-state index is 1.11. The van der Waals surface area contributed by atoms with Crippen molar-refractivity contribution in [3.8, 4) is 55.6 Å². The Morgan fingerprint density at radius 1 is 0.226 bits per heavy atom. The van der Waals surface area contributed by atoms with Crippen LogP contribution in [0.3, 0.4) is 0 Å². The Morgan fingerprint density at radius 3 is 1.09 bits per heavy atom. The lowest BCUT2D eigenvalue weighted by molar-refractivity contribution is 1.28. The molecule has 0 unspecified atom stereocenters. The molecule has 1 heteroatoms. The zero-order valence-electron chi connectivity index (χ0n) is 29.3. The van der Waals surface area contributed by atoms with E-state index in [1.54, 1.807) is 0 Å². The Labute approximate surface area is 311 Å². The molecule has 0 atom stereocenters. The second-order valence-corrected chi connectivity index (χ2v) is 13.4. The van der Waals surface area contributed by atoms with Crippen molar-refractivity contribution in [2.24, 2.45) is 0 Å². The summed E-state index contributed by atoms with van der Waals surface area (Å²) in [5.41, 5.74) is 15.5. The zero-order valence-corrected chi connectivity index (χ0v) is 29.3. The van der Waals surface area contributed by atoms with E-state index >= 15 is 0 Å². The molecule has 0 heterocycles. The van der Waals surface area contributed by atoms with Gasteiger partial charge in [0.05, 0.1) is 0 Å². The second kappa shape index (κ2) is 14.3. The number of fused-ring (bicyclic) bond motifs is 1. The Balaban J connectivity index is 1.05. The molecule has 9 aromatic carbocycles. The SMILES string of the molecule is c1ccc(-c2ccc(N(c3ccc(-c4ccccc4)cc3)c3ccc(-c4ccc5c(-c6cccc(-c7ccccc7)c6)cccc5c4)cc3)cc2)cc1. The summed E-state index contributed by atoms with van der Waals surface area (Å²) < 4.78 is 0. The van der Waals surface area contributed by atoms with Gasteiger partial charge in [-0.05, 0) is 115 Å². The second-order valence-electron chi connectivity index (χ2n) is 13.4. The number of hydrogen-bond donors (Lipinski definition) is 0. The average Bonchev–Trinajstić information content (AvgIpc) is 3.25. The van der Waals surface area contributed by atoms with Gasteiger partial charge in [0.2, 0.25) is 0 Å². The van der Waals surface area contributed by atoms with Crippen molar-refractivity contribution in [3.05, 3.63) is 224 Å². The van der Waals surface area contributed by atoms with Crippen LogP contribution in [0.4, 0.5) is 17.1 Å². The van der Waals surface area contributed by atoms with Gasteiger partial charge >= 0.3 is 0 Å². The molecule has 0 spiro atoms. The molecule has 0 fully saturated rings. The molecule has 9 rings (SSSR count). The molecule has 250 valence electrons. The normalized spacial score (nSPS) is 11.0. The highest BCUT2D eigenvalue weighted by molar-refractivity contribution is 5.99. The molecule has 0 amide bonds. The van der Waals surface area contributed by atoms with E-state index in [0.29, 0.717) is 0 Å². The van der Waals surface area contributed by atoms with Crippen LogP contribution < -0.4 is 4.90 Å². The van der Waals surface area contributed by atoms with Gasteiger partial charge in [-0.3, -0.25) is 0 Å². The van der Waals surface area contributed by atoms with Crippen LogP contribution in [0.1, 0.15) is 0 Å². The van der Waals surface area contributed by atoms with Crippen LogP contribution in [-0.2, 0) is 0 Å². The van der Waals surface area contributed by atoms with Crippen molar-refractivity contribution in [1.29, 1.82) is 0 Å². The topological polar surface area (TPSA) is 3.24 Å². The van der Waals surface area contributed by atoms with Gasteiger partial charge in [0.25, 0.3) is 0 Å². The van der Waals surface area contributed by atoms with E-state index in [2.05, 4.69) is 229 Å². The maximum atomic E-state index is 2.34. The molecule has 0 radical (unpaired) electrons. The monoisotopic (exact) mass is 675 g/mol. The van der Waals surface area contributed by atoms with Crippen LogP contribution in [-0.4, -0.2) is 0 Å². The molecule has 0 aromatic heterocycles. The summed E-state index contributed by atoms with van der Waals surface area (Å²) in [7, 11) is 0. The van der Waals surface area contributed by atoms with Crippen LogP contribution in [0, 0.1) is 0 Å². The van der Waals surface area contributed by atoms with Gasteiger partial charge in [-0.15, -0.1) is 0 Å². The molecule has 0 N–H and O–H groups in total. The summed E-state index contributed by atoms with van der Waals surface area (Å²) in [5, 5.41) is 2.48. The predicted molar refractivity (Wildman–Crippen MR) is 226 cm³/mol. The van der Waals surface area contributed by atoms with Crippen LogP contribution in [0.5, 0.6) is 0 Å². The molecular weight excluding hydrogens is 639 g/mol. The molecule has 0 aliphatic heterocycles. The highest BCUT2D eigenvalue weighted by Gasteiger charge is 2.14. The Hall–Kier alpha value is -6.96. The maximum absolute atomic E-state index is 2.34. The first-order chi connectivity index (χ1) is 26.3. The van der Waals surface area contributed by atoms with Gasteiger partial charge < -0.3 is 4.90 Å². The van der Waals surface area contributed by atoms with Crippen LogP contribution >= 0.6 is 0 Å². The van der Waals surface area contributed by atoms with Crippen molar-refractivity contribution in [2.45, 2.75) is 0 Å². The van der Waals surface area contributed by atoms with Gasteiger partial charge in [-0.25, -0.2) is 0 Å². The van der Waals surface area contributed by atoms with Crippen LogP contribution in [0.2, 0.25) is 0 Å². The van der Waals surface area contributed by atoms with E-state index in [9.17, 15) is 0 Å². The predicted octanol–water partition coefficient (Wildman–Crippen LogP) is 14.6. The van der Waals surface area contributed by atoms with Gasteiger partial charge in [-0.2, -0.15) is 0 Å². The van der Waals surface area contributed by atoms with Crippen LogP contribution in [0.25, 0.3) is 66.4 Å². The van der Waals surface area contributed by atoms with E-state index in [1.165, 1.54) is 66.4 Å². The third-order valence-electron chi connectivity index (χ3n) is 10.1. The first-order valence-corrected chi connectivity index (χ1v) is 18.2. The number of anilines is 3. The van der Waals surface area contributed by atoms with E-state index in [4.69, 9.17) is 0 Å². The van der Waals surface area contributed by atoms with E-state index < -0.39 is 0 Å². The van der Waals surface area contributed by atoms with E-state index in [0.717, 1.165) is 17.1 Å². The summed E-state index contributed by atoms with van der Waals surface area (Å²) in [6.45, 7) is 0. The molecule has 0 aliphatic carbocycles. The third-order valence-corrected chi connectivity index (χ3v) is 10.1. The molecule has 0 aliphatic rings. The fraction of sp³-hybridized carbons (Fsp3) is 0. The largest absolute Gasteiger partial charge is 0.311 e. The standard InChI is InChI=1S/C52H37N/c1-4-12-38(13-5-1)41-22-29-48(30-23-41)53(49-31-24-42(25-32-49)39-14-6-2-7-15-39)50-33-26-43(27-34-50)45-28-35-52-47(37-45)20-11-21-51(52)46-19-10-18-44(36-46)40-16-8-3-9-17-40/h1-37H.